The molecule has 0 aromatic heterocycles. The first-order valence-electron chi connectivity index (χ1n) is 4.87. The van der Waals surface area contributed by atoms with Gasteiger partial charge in [-0.05, 0) is 32.4 Å². The van der Waals surface area contributed by atoms with E-state index in [-0.39, 0.29) is 11.8 Å². The van der Waals surface area contributed by atoms with Crippen LogP contribution in [0.5, 0.6) is 0 Å². The van der Waals surface area contributed by atoms with Gasteiger partial charge in [-0.1, -0.05) is 6.92 Å². The topological polar surface area (TPSA) is 52.6 Å². The molecular formula is C9H18N2O2. The number of carbonyl (C=O) groups is 1. The van der Waals surface area contributed by atoms with Gasteiger partial charge in [-0.25, -0.2) is 5.06 Å². The van der Waals surface area contributed by atoms with Crippen LogP contribution in [0.1, 0.15) is 20.3 Å². The fraction of sp³-hybridized carbons (Fsp3) is 0.889. The monoisotopic (exact) mass is 186 g/mol. The molecule has 1 heterocycles. The summed E-state index contributed by atoms with van der Waals surface area (Å²) in [5.74, 6) is 0.185. The number of nitrogens with zero attached hydrogens (tertiary/aromatic N) is 1. The molecule has 0 aromatic rings. The minimum absolute atomic E-state index is 0.00815. The quantitative estimate of drug-likeness (QED) is 0.487. The maximum absolute atomic E-state index is 11.6. The molecule has 1 fully saturated rings. The summed E-state index contributed by atoms with van der Waals surface area (Å²) in [5, 5.41) is 13.3. The maximum Gasteiger partial charge on any atom is 0.249 e. The molecule has 13 heavy (non-hydrogen) atoms. The fourth-order valence-electron chi connectivity index (χ4n) is 1.73. The molecule has 1 amide bonds. The van der Waals surface area contributed by atoms with Crippen molar-refractivity contribution >= 4 is 5.91 Å². The summed E-state index contributed by atoms with van der Waals surface area (Å²) in [4.78, 5) is 11.6. The molecule has 1 saturated heterocycles. The van der Waals surface area contributed by atoms with E-state index in [4.69, 9.17) is 0 Å². The van der Waals surface area contributed by atoms with Crippen molar-refractivity contribution in [3.63, 3.8) is 0 Å². The number of hydrogen-bond donors (Lipinski definition) is 2. The van der Waals surface area contributed by atoms with E-state index < -0.39 is 0 Å². The molecule has 76 valence electrons. The molecule has 0 aromatic carbocycles. The zero-order chi connectivity index (χ0) is 9.84. The molecule has 0 bridgehead atoms. The Labute approximate surface area is 78.9 Å². The van der Waals surface area contributed by atoms with Crippen molar-refractivity contribution in [2.24, 2.45) is 11.8 Å². The summed E-state index contributed by atoms with van der Waals surface area (Å²) in [6.45, 7) is 5.92. The van der Waals surface area contributed by atoms with Gasteiger partial charge in [0.1, 0.15) is 0 Å². The lowest BCUT2D eigenvalue weighted by Gasteiger charge is -2.30. The molecule has 1 rings (SSSR count). The highest BCUT2D eigenvalue weighted by atomic mass is 16.5. The van der Waals surface area contributed by atoms with Gasteiger partial charge < -0.3 is 5.32 Å². The van der Waals surface area contributed by atoms with Gasteiger partial charge in [-0.15, -0.1) is 0 Å². The van der Waals surface area contributed by atoms with Crippen LogP contribution >= 0.6 is 0 Å². The summed E-state index contributed by atoms with van der Waals surface area (Å²) in [6, 6.07) is 0. The van der Waals surface area contributed by atoms with Crippen LogP contribution in [0.15, 0.2) is 0 Å². The average molecular weight is 186 g/mol. The van der Waals surface area contributed by atoms with Gasteiger partial charge in [0.25, 0.3) is 0 Å². The van der Waals surface area contributed by atoms with Crippen LogP contribution in [-0.2, 0) is 4.79 Å². The van der Waals surface area contributed by atoms with E-state index in [1.807, 2.05) is 6.92 Å². The van der Waals surface area contributed by atoms with Gasteiger partial charge in [0.05, 0.1) is 0 Å². The maximum atomic E-state index is 11.6. The number of piperidine rings is 1. The molecule has 4 nitrogen and oxygen atoms in total. The van der Waals surface area contributed by atoms with E-state index in [1.165, 1.54) is 0 Å². The van der Waals surface area contributed by atoms with E-state index in [1.54, 1.807) is 6.92 Å². The third-order valence-electron chi connectivity index (χ3n) is 2.66. The molecule has 1 aliphatic heterocycles. The molecule has 2 atom stereocenters. The van der Waals surface area contributed by atoms with Crippen LogP contribution in [0.3, 0.4) is 0 Å². The predicted molar refractivity (Wildman–Crippen MR) is 49.3 cm³/mol. The highest BCUT2D eigenvalue weighted by Crippen LogP contribution is 2.20. The summed E-state index contributed by atoms with van der Waals surface area (Å²) >= 11 is 0. The highest BCUT2D eigenvalue weighted by molar-refractivity contribution is 5.78. The standard InChI is InChI=1S/C9H18N2O2/c1-3-11(13)9(12)8-4-5-10-6-7(8)2/h7-8,10,13H,3-6H2,1-2H3. The van der Waals surface area contributed by atoms with Gasteiger partial charge in [0.2, 0.25) is 5.91 Å². The zero-order valence-electron chi connectivity index (χ0n) is 8.29. The van der Waals surface area contributed by atoms with E-state index in [0.717, 1.165) is 24.6 Å². The van der Waals surface area contributed by atoms with Crippen molar-refractivity contribution in [2.45, 2.75) is 20.3 Å². The van der Waals surface area contributed by atoms with Crippen LogP contribution in [0.4, 0.5) is 0 Å². The Kier molecular flexibility index (Phi) is 3.69. The molecular weight excluding hydrogens is 168 g/mol. The number of hydroxylamine groups is 2. The second-order valence-electron chi connectivity index (χ2n) is 3.63. The Balaban J connectivity index is 2.53. The van der Waals surface area contributed by atoms with Crippen molar-refractivity contribution in [2.75, 3.05) is 19.6 Å². The van der Waals surface area contributed by atoms with Gasteiger partial charge >= 0.3 is 0 Å². The van der Waals surface area contributed by atoms with Crippen LogP contribution in [0.25, 0.3) is 0 Å². The van der Waals surface area contributed by atoms with Crippen molar-refractivity contribution in [1.29, 1.82) is 0 Å². The molecule has 2 unspecified atom stereocenters. The van der Waals surface area contributed by atoms with Crippen molar-refractivity contribution in [3.05, 3.63) is 0 Å². The summed E-state index contributed by atoms with van der Waals surface area (Å²) < 4.78 is 0. The Hall–Kier alpha value is -0.610. The Morgan fingerprint density at radius 3 is 2.92 bits per heavy atom. The molecule has 4 heteroatoms. The zero-order valence-corrected chi connectivity index (χ0v) is 8.29. The molecule has 0 radical (unpaired) electrons. The second-order valence-corrected chi connectivity index (χ2v) is 3.63. The van der Waals surface area contributed by atoms with Gasteiger partial charge in [0.15, 0.2) is 0 Å². The Morgan fingerprint density at radius 2 is 2.38 bits per heavy atom. The van der Waals surface area contributed by atoms with E-state index in [2.05, 4.69) is 5.32 Å². The first-order chi connectivity index (χ1) is 6.16. The van der Waals surface area contributed by atoms with E-state index in [9.17, 15) is 10.0 Å². The summed E-state index contributed by atoms with van der Waals surface area (Å²) in [6.07, 6.45) is 0.830. The number of carbonyl (C=O) groups excluding carboxylic acids is 1. The summed E-state index contributed by atoms with van der Waals surface area (Å²) in [7, 11) is 0. The normalized spacial score (nSPS) is 28.5. The van der Waals surface area contributed by atoms with Crippen LogP contribution in [0, 0.1) is 11.8 Å². The van der Waals surface area contributed by atoms with Crippen molar-refractivity contribution < 1.29 is 10.0 Å². The number of hydrogen-bond acceptors (Lipinski definition) is 3. The lowest BCUT2D eigenvalue weighted by atomic mass is 9.87. The average Bonchev–Trinajstić information content (AvgIpc) is 2.16. The van der Waals surface area contributed by atoms with Crippen LogP contribution in [0.2, 0.25) is 0 Å². The third kappa shape index (κ3) is 2.42. The minimum atomic E-state index is -0.128. The Bertz CT molecular complexity index is 184. The van der Waals surface area contributed by atoms with Gasteiger partial charge in [-0.3, -0.25) is 10.0 Å². The first-order valence-corrected chi connectivity index (χ1v) is 4.87. The molecule has 0 aliphatic carbocycles. The number of nitrogens with one attached hydrogen (secondary N) is 1. The summed E-state index contributed by atoms with van der Waals surface area (Å²) in [5.41, 5.74) is 0. The van der Waals surface area contributed by atoms with Crippen molar-refractivity contribution in [1.82, 2.24) is 10.4 Å². The number of amides is 1. The van der Waals surface area contributed by atoms with E-state index in [0.29, 0.717) is 12.5 Å². The smallest absolute Gasteiger partial charge is 0.249 e. The van der Waals surface area contributed by atoms with Crippen LogP contribution < -0.4 is 5.32 Å². The van der Waals surface area contributed by atoms with Crippen LogP contribution in [-0.4, -0.2) is 35.8 Å². The highest BCUT2D eigenvalue weighted by Gasteiger charge is 2.29. The molecule has 0 spiro atoms. The predicted octanol–water partition coefficient (Wildman–Crippen LogP) is 0.470. The largest absolute Gasteiger partial charge is 0.316 e. The van der Waals surface area contributed by atoms with Crippen molar-refractivity contribution in [3.8, 4) is 0 Å². The fourth-order valence-corrected chi connectivity index (χ4v) is 1.73. The molecule has 1 aliphatic rings. The third-order valence-corrected chi connectivity index (χ3v) is 2.66. The first kappa shape index (κ1) is 10.5. The lowest BCUT2D eigenvalue weighted by molar-refractivity contribution is -0.171. The van der Waals surface area contributed by atoms with E-state index >= 15 is 0 Å². The Morgan fingerprint density at radius 1 is 1.69 bits per heavy atom. The van der Waals surface area contributed by atoms with Gasteiger partial charge in [0, 0.05) is 12.5 Å². The minimum Gasteiger partial charge on any atom is -0.316 e. The molecule has 2 N–H and O–H groups in total. The number of rotatable bonds is 2. The van der Waals surface area contributed by atoms with Gasteiger partial charge in [-0.2, -0.15) is 0 Å². The second kappa shape index (κ2) is 4.58. The molecule has 0 saturated carbocycles. The lowest BCUT2D eigenvalue weighted by Crippen LogP contribution is -2.44. The SMILES string of the molecule is CCN(O)C(=O)C1CCNCC1C.